The van der Waals surface area contributed by atoms with Crippen molar-refractivity contribution >= 4 is 52.4 Å². The number of rotatable bonds is 18. The summed E-state index contributed by atoms with van der Waals surface area (Å²) >= 11 is 0. The summed E-state index contributed by atoms with van der Waals surface area (Å²) in [7, 11) is 4.62. The summed E-state index contributed by atoms with van der Waals surface area (Å²) in [5.74, 6) is 1.01. The molecule has 6 aliphatic rings. The highest BCUT2D eigenvalue weighted by Crippen LogP contribution is 2.57. The van der Waals surface area contributed by atoms with Crippen LogP contribution in [0.3, 0.4) is 0 Å². The van der Waals surface area contributed by atoms with E-state index in [0.29, 0.717) is 72.8 Å². The second-order valence-corrected chi connectivity index (χ2v) is 20.7. The maximum Gasteiger partial charge on any atom is 0.416 e. The molecule has 1 saturated carbocycles. The number of nitrogens with zero attached hydrogens (tertiary/aromatic N) is 3. The second-order valence-electron chi connectivity index (χ2n) is 20.7. The number of aliphatic hydroxyl groups is 1. The van der Waals surface area contributed by atoms with Crippen LogP contribution in [0.2, 0.25) is 0 Å². The number of amides is 5. The lowest BCUT2D eigenvalue weighted by Crippen LogP contribution is -2.52. The largest absolute Gasteiger partial charge is 0.497 e. The molecule has 3 fully saturated rings. The van der Waals surface area contributed by atoms with Gasteiger partial charge in [-0.1, -0.05) is 44.5 Å². The number of hydrogen-bond donors (Lipinski definition) is 5. The fraction of sp³-hybridized carbons (Fsp3) is 0.456. The van der Waals surface area contributed by atoms with Crippen LogP contribution >= 0.6 is 0 Å². The van der Waals surface area contributed by atoms with E-state index < -0.39 is 24.4 Å². The third-order valence-electron chi connectivity index (χ3n) is 15.8. The van der Waals surface area contributed by atoms with Crippen molar-refractivity contribution in [1.82, 2.24) is 20.4 Å². The zero-order valence-corrected chi connectivity index (χ0v) is 43.6. The molecule has 76 heavy (non-hydrogen) atoms. The molecule has 5 amide bonds. The van der Waals surface area contributed by atoms with Gasteiger partial charge in [0, 0.05) is 43.5 Å². The number of hydrogen-bond acceptors (Lipinski definition) is 14. The van der Waals surface area contributed by atoms with Gasteiger partial charge in [-0.3, -0.25) is 19.2 Å². The van der Waals surface area contributed by atoms with E-state index in [9.17, 15) is 29.1 Å². The fourth-order valence-corrected chi connectivity index (χ4v) is 11.0. The van der Waals surface area contributed by atoms with Crippen LogP contribution in [0, 0.1) is 11.3 Å². The number of methoxy groups -OCH3 is 3. The molecule has 5 heterocycles. The summed E-state index contributed by atoms with van der Waals surface area (Å²) in [6.07, 6.45) is 5.42. The van der Waals surface area contributed by atoms with Gasteiger partial charge in [0.25, 0.3) is 11.8 Å². The number of carbonyl (C=O) groups is 5. The van der Waals surface area contributed by atoms with Crippen molar-refractivity contribution in [3.8, 4) is 28.7 Å². The molecular weight excluding hydrogens is 975 g/mol. The highest BCUT2D eigenvalue weighted by atomic mass is 16.6. The Morgan fingerprint density at radius 1 is 0.868 bits per heavy atom. The van der Waals surface area contributed by atoms with Crippen molar-refractivity contribution in [3.05, 3.63) is 101 Å². The predicted octanol–water partition coefficient (Wildman–Crippen LogP) is 6.93. The Hall–Kier alpha value is -7.51. The van der Waals surface area contributed by atoms with Crippen LogP contribution < -0.4 is 49.9 Å². The Morgan fingerprint density at radius 2 is 1.58 bits per heavy atom. The van der Waals surface area contributed by atoms with Gasteiger partial charge in [-0.25, -0.2) is 9.69 Å². The summed E-state index contributed by atoms with van der Waals surface area (Å²) in [5, 5.41) is 24.6. The van der Waals surface area contributed by atoms with Crippen LogP contribution in [0.25, 0.3) is 5.57 Å². The molecule has 0 bridgehead atoms. The van der Waals surface area contributed by atoms with Crippen molar-refractivity contribution in [1.29, 1.82) is 0 Å². The first-order chi connectivity index (χ1) is 36.8. The van der Waals surface area contributed by atoms with Gasteiger partial charge in [0.2, 0.25) is 11.8 Å². The normalized spacial score (nSPS) is 21.6. The molecule has 0 aromatic heterocycles. The number of anilines is 3. The van der Waals surface area contributed by atoms with E-state index in [1.165, 1.54) is 20.3 Å². The lowest BCUT2D eigenvalue weighted by atomic mass is 9.97. The summed E-state index contributed by atoms with van der Waals surface area (Å²) in [4.78, 5) is 73.7. The van der Waals surface area contributed by atoms with Crippen molar-refractivity contribution < 1.29 is 57.5 Å². The summed E-state index contributed by atoms with van der Waals surface area (Å²) in [6.45, 7) is 5.82. The maximum absolute atomic E-state index is 14.4. The van der Waals surface area contributed by atoms with Crippen LogP contribution in [0.4, 0.5) is 21.9 Å². The summed E-state index contributed by atoms with van der Waals surface area (Å²) in [6, 6.07) is 19.4. The minimum atomic E-state index is -1.43. The van der Waals surface area contributed by atoms with Crippen molar-refractivity contribution in [3.63, 3.8) is 0 Å². The third kappa shape index (κ3) is 10.5. The van der Waals surface area contributed by atoms with E-state index in [1.54, 1.807) is 59.4 Å². The Kier molecular flexibility index (Phi) is 15.0. The minimum absolute atomic E-state index is 0.0802. The van der Waals surface area contributed by atoms with Gasteiger partial charge in [-0.05, 0) is 110 Å². The molecule has 0 radical (unpaired) electrons. The number of ether oxygens (including phenoxy) is 6. The average Bonchev–Trinajstić information content (AvgIpc) is 3.73. The van der Waals surface area contributed by atoms with E-state index in [-0.39, 0.29) is 89.6 Å². The Morgan fingerprint density at radius 3 is 2.24 bits per heavy atom. The Labute approximate surface area is 442 Å². The first-order valence-electron chi connectivity index (χ1n) is 26.3. The lowest BCUT2D eigenvalue weighted by Gasteiger charge is -2.31. The highest BCUT2D eigenvalue weighted by molar-refractivity contribution is 6.06. The molecule has 2 saturated heterocycles. The van der Waals surface area contributed by atoms with Crippen LogP contribution in [-0.4, -0.2) is 129 Å². The van der Waals surface area contributed by atoms with Gasteiger partial charge in [-0.2, -0.15) is 0 Å². The van der Waals surface area contributed by atoms with Crippen LogP contribution in [0.1, 0.15) is 97.1 Å². The number of nitrogens with one attached hydrogen (secondary N) is 4. The van der Waals surface area contributed by atoms with Gasteiger partial charge >= 0.3 is 6.09 Å². The predicted molar refractivity (Wildman–Crippen MR) is 283 cm³/mol. The fourth-order valence-electron chi connectivity index (χ4n) is 11.0. The van der Waals surface area contributed by atoms with Crippen molar-refractivity contribution in [2.24, 2.45) is 11.3 Å². The Bertz CT molecular complexity index is 2880. The number of aliphatic hydroxyl groups excluding tert-OH is 1. The zero-order chi connectivity index (χ0) is 53.3. The number of benzene rings is 4. The summed E-state index contributed by atoms with van der Waals surface area (Å²) in [5.41, 5.74) is 4.49. The van der Waals surface area contributed by atoms with Crippen LogP contribution in [0.15, 0.2) is 79.0 Å². The quantitative estimate of drug-likeness (QED) is 0.0639. The van der Waals surface area contributed by atoms with E-state index in [4.69, 9.17) is 28.4 Å². The first-order valence-corrected chi connectivity index (χ1v) is 26.3. The third-order valence-corrected chi connectivity index (χ3v) is 15.8. The van der Waals surface area contributed by atoms with E-state index >= 15 is 0 Å². The molecule has 5 aliphatic heterocycles. The lowest BCUT2D eigenvalue weighted by molar-refractivity contribution is -0.128. The van der Waals surface area contributed by atoms with Gasteiger partial charge in [0.1, 0.15) is 18.4 Å². The molecule has 4 aromatic rings. The maximum atomic E-state index is 14.4. The topological polar surface area (TPSA) is 219 Å². The number of fused-ring (bicyclic) bond motifs is 4. The molecule has 5 N–H and O–H groups in total. The van der Waals surface area contributed by atoms with Gasteiger partial charge in [0.05, 0.1) is 75.2 Å². The molecule has 1 aliphatic carbocycles. The molecule has 402 valence electrons. The van der Waals surface area contributed by atoms with E-state index in [0.717, 1.165) is 54.0 Å². The molecule has 19 heteroatoms. The van der Waals surface area contributed by atoms with Gasteiger partial charge in [0.15, 0.2) is 29.2 Å². The molecule has 2 unspecified atom stereocenters. The van der Waals surface area contributed by atoms with E-state index in [2.05, 4.69) is 21.3 Å². The molecular formula is C57H67N7O12. The minimum Gasteiger partial charge on any atom is -0.497 e. The smallest absolute Gasteiger partial charge is 0.416 e. The van der Waals surface area contributed by atoms with Crippen molar-refractivity contribution in [2.45, 2.75) is 102 Å². The molecule has 6 atom stereocenters. The standard InChI is InChI=1S/C57H67N7O12/c1-6-33(2)50(61-51(65)42-9-7-20-58-42)52(66)60-37-14-10-34(11-15-37)31-76-56(70)64-44-27-49(47(73-5)25-41(44)54(68)63-32-57(18-19-57)28-45(63)55(64)69)75-22-8-21-74-48-26-43-40(24-46(48)72-4)53(67)62-30-36(23-38(62)29-59-43)35-12-16-39(71-3)17-13-35/h10-17,24-27,30,33,38,42,45,50,55,58-59,69H,6-9,18-23,28-29,31-32H2,1-5H3,(H,60,66)(H,61,65)/t33?,38-,42-,45-,50-,55?/m0/s1. The monoisotopic (exact) mass is 1040 g/mol. The Balaban J connectivity index is 0.798. The van der Waals surface area contributed by atoms with Crippen LogP contribution in [0.5, 0.6) is 28.7 Å². The van der Waals surface area contributed by atoms with E-state index in [1.807, 2.05) is 44.3 Å². The summed E-state index contributed by atoms with van der Waals surface area (Å²) < 4.78 is 35.2. The molecule has 19 nitrogen and oxygen atoms in total. The second kappa shape index (κ2) is 22.0. The average molecular weight is 1040 g/mol. The zero-order valence-electron chi connectivity index (χ0n) is 43.6. The number of carbonyl (C=O) groups excluding carboxylic acids is 5. The molecule has 10 rings (SSSR count). The SMILES string of the molecule is CCC(C)[C@H](NC(=O)[C@@H]1CCCN1)C(=O)Nc1ccc(COC(=O)N2c3cc(OCCCOc4cc5c(cc4OC)C(=O)N4C=C(c6ccc(OC)cc6)C[C@H]4CN5)c(OC)cc3C(=O)N3CC4(CC4)C[C@H]3C2O)cc1. The van der Waals surface area contributed by atoms with Gasteiger partial charge < -0.3 is 64.6 Å². The molecule has 1 spiro atoms. The highest BCUT2D eigenvalue weighted by Gasteiger charge is 2.58. The van der Waals surface area contributed by atoms with Gasteiger partial charge in [-0.15, -0.1) is 0 Å². The van der Waals surface area contributed by atoms with Crippen molar-refractivity contribution in [2.75, 3.05) is 69.7 Å². The van der Waals surface area contributed by atoms with Crippen LogP contribution in [-0.2, 0) is 20.9 Å². The first kappa shape index (κ1) is 52.0. The molecule has 4 aromatic carbocycles.